The molecule has 22 aromatic rings. The minimum atomic E-state index is 0.839. The Morgan fingerprint density at radius 3 is 1.14 bits per heavy atom. The van der Waals surface area contributed by atoms with Crippen molar-refractivity contribution in [1.29, 1.82) is 0 Å². The van der Waals surface area contributed by atoms with Gasteiger partial charge < -0.3 is 18.6 Å². The van der Waals surface area contributed by atoms with E-state index in [0.717, 1.165) is 139 Å². The highest BCUT2D eigenvalue weighted by Crippen LogP contribution is 2.49. The molecular weight excluding hydrogens is 1370 g/mol. The largest absolute Gasteiger partial charge is 0.455 e. The lowest BCUT2D eigenvalue weighted by Gasteiger charge is -2.27. The number of furan rings is 2. The number of anilines is 6. The highest BCUT2D eigenvalue weighted by atomic mass is 32.1. The van der Waals surface area contributed by atoms with Crippen LogP contribution in [-0.2, 0) is 0 Å². The van der Waals surface area contributed by atoms with Gasteiger partial charge in [0.15, 0.2) is 0 Å². The Hall–Kier alpha value is -13.9. The van der Waals surface area contributed by atoms with Crippen molar-refractivity contribution in [2.75, 3.05) is 9.80 Å². The molecule has 18 aromatic carbocycles. The van der Waals surface area contributed by atoms with Gasteiger partial charge in [-0.05, 0) is 210 Å². The van der Waals surface area contributed by atoms with Crippen LogP contribution in [0.3, 0.4) is 0 Å². The van der Waals surface area contributed by atoms with Gasteiger partial charge in [-0.25, -0.2) is 0 Å². The fraction of sp³-hybridized carbons (Fsp3) is 0. The Bertz CT molecular complexity index is 7470. The fourth-order valence-electron chi connectivity index (χ4n) is 17.1. The summed E-state index contributed by atoms with van der Waals surface area (Å²) < 4.78 is 18.9. The molecule has 0 aliphatic rings. The first kappa shape index (κ1) is 63.4. The van der Waals surface area contributed by atoms with E-state index in [9.17, 15) is 0 Å². The second-order valence-electron chi connectivity index (χ2n) is 28.6. The summed E-state index contributed by atoms with van der Waals surface area (Å²) in [4.78, 5) is 4.83. The fourth-order valence-corrected chi connectivity index (χ4v) is 19.4. The van der Waals surface area contributed by atoms with E-state index in [1.807, 2.05) is 28.7 Å². The van der Waals surface area contributed by atoms with E-state index in [1.54, 1.807) is 0 Å². The number of rotatable bonds is 13. The molecule has 6 heteroatoms. The van der Waals surface area contributed by atoms with Gasteiger partial charge in [-0.1, -0.05) is 267 Å². The monoisotopic (exact) mass is 1440 g/mol. The van der Waals surface area contributed by atoms with Gasteiger partial charge in [-0.3, -0.25) is 0 Å². The molecule has 0 bridgehead atoms. The van der Waals surface area contributed by atoms with E-state index in [1.165, 1.54) is 78.6 Å². The van der Waals surface area contributed by atoms with Crippen LogP contribution in [-0.4, -0.2) is 0 Å². The molecule has 0 atom stereocenters. The van der Waals surface area contributed by atoms with Crippen molar-refractivity contribution >= 4 is 163 Å². The Kier molecular flexibility index (Phi) is 15.0. The maximum atomic E-state index is 7.07. The quantitative estimate of drug-likeness (QED) is 0.115. The summed E-state index contributed by atoms with van der Waals surface area (Å²) in [5.74, 6) is 0. The summed E-state index contributed by atoms with van der Waals surface area (Å²) in [7, 11) is 0. The van der Waals surface area contributed by atoms with Crippen molar-refractivity contribution < 1.29 is 8.83 Å². The lowest BCUT2D eigenvalue weighted by atomic mass is 9.91. The van der Waals surface area contributed by atoms with Crippen molar-refractivity contribution in [3.8, 4) is 77.9 Å². The molecule has 4 heterocycles. The Morgan fingerprint density at radius 1 is 0.182 bits per heavy atom. The number of hydrogen-bond acceptors (Lipinski definition) is 6. The van der Waals surface area contributed by atoms with Gasteiger partial charge >= 0.3 is 0 Å². The molecule has 0 saturated heterocycles. The zero-order valence-corrected chi connectivity index (χ0v) is 61.1. The van der Waals surface area contributed by atoms with Gasteiger partial charge in [-0.2, -0.15) is 0 Å². The van der Waals surface area contributed by atoms with E-state index in [-0.39, 0.29) is 0 Å². The van der Waals surface area contributed by atoms with Crippen LogP contribution >= 0.6 is 22.7 Å². The average Bonchev–Trinajstić information content (AvgIpc) is 1.44. The smallest absolute Gasteiger partial charge is 0.143 e. The second kappa shape index (κ2) is 26.0. The number of benzene rings is 18. The SMILES string of the molecule is c1cc(-c2ccc3sc4ccccc4c3c2)cc(N(c2cccc(-c3ccc(-c4ccc5oc6c(-c7cccc(N(c8cccc(-c9cccc%10ccccc9%10)c8)c8cccc(-c9cccc%10sc%11ccccc%11c9%10)c8)c7)cccc6c5c4)c4ccccc34)c2)c2cccc(-c3cccc4c3oc3ccccc34)c2)c1. The molecule has 0 aliphatic carbocycles. The molecule has 4 nitrogen and oxygen atoms in total. The number of nitrogens with zero attached hydrogens (tertiary/aromatic N) is 2. The standard InChI is InChI=1S/C104H64N2O2S2/c1-2-35-80-65(21-1)22-17-41-81(80)68-24-12-30-75(58-68)106(77-32-14-26-70(60-77)84-42-20-50-101-102(84)93-40-7-10-49-99(93)110-101)79-34-16-28-72(62-79)86-44-19-46-92-94-64-73(51-55-97(94)108-104(86)92)83-54-53-82(87-36-3-4-37-88(83)87)69-25-13-31-76(59-69)105(74-29-11-23-66(57-74)67-52-56-100-95(63-67)90-39-6-9-48-98(90)109-100)78-33-15-27-71(61-78)85-43-18-45-91-89-38-5-8-47-96(89)107-103(85)91/h1-64H. The van der Waals surface area contributed by atoms with Crippen LogP contribution in [0, 0.1) is 0 Å². The van der Waals surface area contributed by atoms with E-state index >= 15 is 0 Å². The van der Waals surface area contributed by atoms with Gasteiger partial charge in [0, 0.05) is 107 Å². The number of para-hydroxylation sites is 3. The Labute approximate surface area is 642 Å². The number of hydrogen-bond donors (Lipinski definition) is 0. The summed E-state index contributed by atoms with van der Waals surface area (Å²) in [5, 5.41) is 14.3. The summed E-state index contributed by atoms with van der Waals surface area (Å²) in [6.45, 7) is 0. The van der Waals surface area contributed by atoms with Crippen molar-refractivity contribution in [2.45, 2.75) is 0 Å². The van der Waals surface area contributed by atoms with Crippen molar-refractivity contribution in [1.82, 2.24) is 0 Å². The van der Waals surface area contributed by atoms with Crippen molar-refractivity contribution in [3.05, 3.63) is 388 Å². The molecule has 0 aliphatic heterocycles. The molecule has 0 spiro atoms. The molecule has 0 unspecified atom stereocenters. The van der Waals surface area contributed by atoms with Crippen molar-refractivity contribution in [3.63, 3.8) is 0 Å². The van der Waals surface area contributed by atoms with Gasteiger partial charge in [0.1, 0.15) is 22.3 Å². The van der Waals surface area contributed by atoms with E-state index in [4.69, 9.17) is 8.83 Å². The van der Waals surface area contributed by atoms with E-state index < -0.39 is 0 Å². The molecule has 0 radical (unpaired) electrons. The molecular formula is C104H64N2O2S2. The van der Waals surface area contributed by atoms with Crippen molar-refractivity contribution in [2.24, 2.45) is 0 Å². The lowest BCUT2D eigenvalue weighted by molar-refractivity contribution is 0.669. The zero-order chi connectivity index (χ0) is 72.3. The first-order valence-electron chi connectivity index (χ1n) is 37.4. The van der Waals surface area contributed by atoms with Crippen LogP contribution in [0.5, 0.6) is 0 Å². The van der Waals surface area contributed by atoms with Crippen LogP contribution in [0.2, 0.25) is 0 Å². The molecule has 22 rings (SSSR count). The molecule has 0 amide bonds. The van der Waals surface area contributed by atoms with Gasteiger partial charge in [0.05, 0.1) is 0 Å². The minimum Gasteiger partial charge on any atom is -0.455 e. The summed E-state index contributed by atoms with van der Waals surface area (Å²) in [5.41, 5.74) is 25.5. The molecule has 4 aromatic heterocycles. The zero-order valence-electron chi connectivity index (χ0n) is 59.5. The molecule has 514 valence electrons. The van der Waals surface area contributed by atoms with E-state index in [0.29, 0.717) is 0 Å². The highest BCUT2D eigenvalue weighted by molar-refractivity contribution is 7.26. The predicted octanol–water partition coefficient (Wildman–Crippen LogP) is 31.1. The summed E-state index contributed by atoms with van der Waals surface area (Å²) in [6, 6.07) is 142. The Balaban J connectivity index is 0.632. The molecule has 0 N–H and O–H groups in total. The van der Waals surface area contributed by atoms with E-state index in [2.05, 4.69) is 392 Å². The predicted molar refractivity (Wildman–Crippen MR) is 469 cm³/mol. The lowest BCUT2D eigenvalue weighted by Crippen LogP contribution is -2.10. The average molecular weight is 1440 g/mol. The third kappa shape index (κ3) is 10.7. The third-order valence-corrected chi connectivity index (χ3v) is 24.5. The summed E-state index contributed by atoms with van der Waals surface area (Å²) >= 11 is 3.70. The topological polar surface area (TPSA) is 32.8 Å². The van der Waals surface area contributed by atoms with Gasteiger partial charge in [0.25, 0.3) is 0 Å². The van der Waals surface area contributed by atoms with Crippen LogP contribution in [0.4, 0.5) is 34.1 Å². The maximum Gasteiger partial charge on any atom is 0.143 e. The minimum absolute atomic E-state index is 0.839. The van der Waals surface area contributed by atoms with Crippen LogP contribution in [0.15, 0.2) is 397 Å². The number of thiophene rings is 2. The summed E-state index contributed by atoms with van der Waals surface area (Å²) in [6.07, 6.45) is 0. The second-order valence-corrected chi connectivity index (χ2v) is 30.7. The maximum absolute atomic E-state index is 7.07. The highest BCUT2D eigenvalue weighted by Gasteiger charge is 2.24. The van der Waals surface area contributed by atoms with Crippen LogP contribution in [0.25, 0.3) is 184 Å². The number of fused-ring (bicyclic) bond motifs is 14. The van der Waals surface area contributed by atoms with Crippen LogP contribution in [0.1, 0.15) is 0 Å². The molecule has 0 saturated carbocycles. The Morgan fingerprint density at radius 2 is 0.527 bits per heavy atom. The molecule has 0 fully saturated rings. The van der Waals surface area contributed by atoms with Gasteiger partial charge in [0.2, 0.25) is 0 Å². The first-order valence-corrected chi connectivity index (χ1v) is 39.0. The van der Waals surface area contributed by atoms with Crippen LogP contribution < -0.4 is 9.80 Å². The normalized spacial score (nSPS) is 11.8. The van der Waals surface area contributed by atoms with Gasteiger partial charge in [-0.15, -0.1) is 22.7 Å². The third-order valence-electron chi connectivity index (χ3n) is 22.2. The first-order chi connectivity index (χ1) is 54.5. The molecule has 110 heavy (non-hydrogen) atoms.